The lowest BCUT2D eigenvalue weighted by atomic mass is 9.99. The van der Waals surface area contributed by atoms with Gasteiger partial charge in [0, 0.05) is 31.7 Å². The van der Waals surface area contributed by atoms with Crippen molar-refractivity contribution in [3.63, 3.8) is 0 Å². The summed E-state index contributed by atoms with van der Waals surface area (Å²) in [5, 5.41) is 19.9. The van der Waals surface area contributed by atoms with Crippen molar-refractivity contribution in [2.24, 2.45) is 5.92 Å². The average molecular weight is 266 g/mol. The van der Waals surface area contributed by atoms with Crippen molar-refractivity contribution in [3.05, 3.63) is 33.9 Å². The first kappa shape index (κ1) is 13.3. The smallest absolute Gasteiger partial charge is 0.285 e. The van der Waals surface area contributed by atoms with Gasteiger partial charge in [-0.2, -0.15) is 0 Å². The van der Waals surface area contributed by atoms with E-state index in [1.165, 1.54) is 30.2 Å². The molecule has 1 aromatic carbocycles. The van der Waals surface area contributed by atoms with Crippen LogP contribution in [0.4, 0.5) is 5.69 Å². The van der Waals surface area contributed by atoms with Crippen LogP contribution < -0.4 is 4.74 Å². The first-order valence-electron chi connectivity index (χ1n) is 5.80. The molecular formula is C12H14N2O5. The van der Waals surface area contributed by atoms with Crippen molar-refractivity contribution < 1.29 is 19.6 Å². The number of rotatable bonds is 4. The third-order valence-electron chi connectivity index (χ3n) is 3.14. The maximum absolute atomic E-state index is 12.3. The lowest BCUT2D eigenvalue weighted by molar-refractivity contribution is -0.385. The number of ether oxygens (including phenoxy) is 1. The number of nitro groups is 1. The third kappa shape index (κ3) is 2.37. The quantitative estimate of drug-likeness (QED) is 0.638. The van der Waals surface area contributed by atoms with Gasteiger partial charge in [-0.1, -0.05) is 6.07 Å². The summed E-state index contributed by atoms with van der Waals surface area (Å²) in [6, 6.07) is 4.27. The number of likely N-dealkylation sites (tertiary alicyclic amines) is 1. The van der Waals surface area contributed by atoms with Gasteiger partial charge in [-0.3, -0.25) is 14.9 Å². The van der Waals surface area contributed by atoms with Gasteiger partial charge in [0.2, 0.25) is 0 Å². The molecule has 1 fully saturated rings. The van der Waals surface area contributed by atoms with E-state index in [0.717, 1.165) is 0 Å². The molecular weight excluding hydrogens is 252 g/mol. The summed E-state index contributed by atoms with van der Waals surface area (Å²) in [4.78, 5) is 24.1. The Morgan fingerprint density at radius 3 is 2.79 bits per heavy atom. The van der Waals surface area contributed by atoms with Crippen LogP contribution in [0.25, 0.3) is 0 Å². The number of hydrogen-bond donors (Lipinski definition) is 1. The molecule has 7 heteroatoms. The molecule has 0 unspecified atom stereocenters. The fourth-order valence-corrected chi connectivity index (χ4v) is 2.07. The molecule has 7 nitrogen and oxygen atoms in total. The molecule has 0 radical (unpaired) electrons. The Balaban J connectivity index is 2.32. The maximum atomic E-state index is 12.3. The normalized spacial score (nSPS) is 14.9. The van der Waals surface area contributed by atoms with Crippen LogP contribution in [-0.2, 0) is 0 Å². The van der Waals surface area contributed by atoms with Crippen LogP contribution in [-0.4, -0.2) is 47.6 Å². The van der Waals surface area contributed by atoms with Gasteiger partial charge < -0.3 is 14.7 Å². The monoisotopic (exact) mass is 266 g/mol. The molecule has 1 heterocycles. The van der Waals surface area contributed by atoms with E-state index in [0.29, 0.717) is 13.1 Å². The van der Waals surface area contributed by atoms with Crippen molar-refractivity contribution in [1.29, 1.82) is 0 Å². The number of carbonyl (C=O) groups excluding carboxylic acids is 1. The van der Waals surface area contributed by atoms with Crippen molar-refractivity contribution in [2.75, 3.05) is 26.8 Å². The molecule has 0 aromatic heterocycles. The highest BCUT2D eigenvalue weighted by Gasteiger charge is 2.35. The molecule has 0 saturated carbocycles. The second-order valence-corrected chi connectivity index (χ2v) is 4.37. The maximum Gasteiger partial charge on any atom is 0.285 e. The first-order chi connectivity index (χ1) is 9.08. The van der Waals surface area contributed by atoms with E-state index in [1.54, 1.807) is 0 Å². The van der Waals surface area contributed by atoms with Gasteiger partial charge in [-0.25, -0.2) is 0 Å². The number of aliphatic hydroxyl groups excluding tert-OH is 1. The van der Waals surface area contributed by atoms with Crippen LogP contribution in [0, 0.1) is 16.0 Å². The van der Waals surface area contributed by atoms with Gasteiger partial charge in [0.05, 0.1) is 12.0 Å². The van der Waals surface area contributed by atoms with E-state index in [-0.39, 0.29) is 29.5 Å². The molecule has 1 N–H and O–H groups in total. The zero-order chi connectivity index (χ0) is 14.0. The predicted molar refractivity (Wildman–Crippen MR) is 66.1 cm³/mol. The highest BCUT2D eigenvalue weighted by Crippen LogP contribution is 2.31. The summed E-state index contributed by atoms with van der Waals surface area (Å²) in [6.07, 6.45) is 0. The van der Waals surface area contributed by atoms with E-state index in [1.807, 2.05) is 0 Å². The lowest BCUT2D eigenvalue weighted by Gasteiger charge is -2.38. The Kier molecular flexibility index (Phi) is 3.66. The van der Waals surface area contributed by atoms with Crippen LogP contribution in [0.15, 0.2) is 18.2 Å². The topological polar surface area (TPSA) is 92.9 Å². The number of nitro benzene ring substituents is 1. The largest absolute Gasteiger partial charge is 0.496 e. The van der Waals surface area contributed by atoms with Gasteiger partial charge in [-0.05, 0) is 6.07 Å². The Labute approximate surface area is 109 Å². The third-order valence-corrected chi connectivity index (χ3v) is 3.14. The molecule has 1 aromatic rings. The molecule has 0 atom stereocenters. The molecule has 1 saturated heterocycles. The van der Waals surface area contributed by atoms with E-state index in [4.69, 9.17) is 9.84 Å². The van der Waals surface area contributed by atoms with Crippen molar-refractivity contribution in [2.45, 2.75) is 0 Å². The average Bonchev–Trinajstić information content (AvgIpc) is 2.36. The van der Waals surface area contributed by atoms with Crippen LogP contribution in [0.2, 0.25) is 0 Å². The summed E-state index contributed by atoms with van der Waals surface area (Å²) < 4.78 is 5.03. The van der Waals surface area contributed by atoms with Gasteiger partial charge in [-0.15, -0.1) is 0 Å². The van der Waals surface area contributed by atoms with Gasteiger partial charge in [0.15, 0.2) is 5.56 Å². The SMILES string of the molecule is COc1cccc([N+](=O)[O-])c1C(=O)N1CC(CO)C1. The Hall–Kier alpha value is -2.15. The van der Waals surface area contributed by atoms with E-state index < -0.39 is 10.8 Å². The molecule has 19 heavy (non-hydrogen) atoms. The fourth-order valence-electron chi connectivity index (χ4n) is 2.07. The van der Waals surface area contributed by atoms with E-state index >= 15 is 0 Å². The van der Waals surface area contributed by atoms with Crippen LogP contribution in [0.5, 0.6) is 5.75 Å². The summed E-state index contributed by atoms with van der Waals surface area (Å²) in [7, 11) is 1.36. The Bertz CT molecular complexity index is 511. The van der Waals surface area contributed by atoms with Gasteiger partial charge >= 0.3 is 0 Å². The number of benzene rings is 1. The van der Waals surface area contributed by atoms with E-state index in [2.05, 4.69) is 0 Å². The minimum atomic E-state index is -0.598. The molecule has 0 spiro atoms. The predicted octanol–water partition coefficient (Wildman–Crippen LogP) is 0.668. The number of methoxy groups -OCH3 is 1. The van der Waals surface area contributed by atoms with Crippen LogP contribution in [0.1, 0.15) is 10.4 Å². The van der Waals surface area contributed by atoms with E-state index in [9.17, 15) is 14.9 Å². The Morgan fingerprint density at radius 2 is 2.26 bits per heavy atom. The molecule has 0 bridgehead atoms. The highest BCUT2D eigenvalue weighted by atomic mass is 16.6. The standard InChI is InChI=1S/C12H14N2O5/c1-19-10-4-2-3-9(14(17)18)11(10)12(16)13-5-8(6-13)7-15/h2-4,8,15H,5-7H2,1H3. The minimum absolute atomic E-state index is 0.0117. The van der Waals surface area contributed by atoms with Crippen LogP contribution in [0.3, 0.4) is 0 Å². The van der Waals surface area contributed by atoms with Crippen molar-refractivity contribution in [3.8, 4) is 5.75 Å². The fraction of sp³-hybridized carbons (Fsp3) is 0.417. The highest BCUT2D eigenvalue weighted by molar-refractivity contribution is 6.01. The molecule has 1 aliphatic heterocycles. The second kappa shape index (κ2) is 5.23. The zero-order valence-electron chi connectivity index (χ0n) is 10.4. The molecule has 0 aliphatic carbocycles. The van der Waals surface area contributed by atoms with Gasteiger partial charge in [0.25, 0.3) is 11.6 Å². The minimum Gasteiger partial charge on any atom is -0.496 e. The summed E-state index contributed by atoms with van der Waals surface area (Å²) in [5.41, 5.74) is -0.303. The molecule has 1 aliphatic rings. The molecule has 1 amide bonds. The second-order valence-electron chi connectivity index (χ2n) is 4.37. The number of amides is 1. The number of nitrogens with zero attached hydrogens (tertiary/aromatic N) is 2. The van der Waals surface area contributed by atoms with Crippen LogP contribution >= 0.6 is 0 Å². The summed E-state index contributed by atoms with van der Waals surface area (Å²) >= 11 is 0. The lowest BCUT2D eigenvalue weighted by Crippen LogP contribution is -2.51. The number of carbonyl (C=O) groups is 1. The number of aliphatic hydroxyl groups is 1. The van der Waals surface area contributed by atoms with Crippen molar-refractivity contribution in [1.82, 2.24) is 4.90 Å². The summed E-state index contributed by atoms with van der Waals surface area (Å²) in [6.45, 7) is 0.826. The van der Waals surface area contributed by atoms with Crippen molar-refractivity contribution >= 4 is 11.6 Å². The summed E-state index contributed by atoms with van der Waals surface area (Å²) in [5.74, 6) is -0.196. The Morgan fingerprint density at radius 1 is 1.58 bits per heavy atom. The molecule has 2 rings (SSSR count). The molecule has 102 valence electrons. The van der Waals surface area contributed by atoms with Gasteiger partial charge in [0.1, 0.15) is 5.75 Å². The first-order valence-corrected chi connectivity index (χ1v) is 5.80. The zero-order valence-corrected chi connectivity index (χ0v) is 10.4. The number of hydrogen-bond acceptors (Lipinski definition) is 5.